The molecule has 106 valence electrons. The molecule has 0 spiro atoms. The first kappa shape index (κ1) is 14.2. The molecule has 6 nitrogen and oxygen atoms in total. The standard InChI is InChI=1S/C14H17N3O3/c1-3-20-9-10(2)16-12-7-8-15-14-11(12)5-4-6-13(14)17(18)19/h4-8,10H,3,9H2,1-2H3,(H,15,16). The first-order chi connectivity index (χ1) is 9.63. The molecule has 0 radical (unpaired) electrons. The summed E-state index contributed by atoms with van der Waals surface area (Å²) in [6, 6.07) is 6.88. The number of hydrogen-bond acceptors (Lipinski definition) is 5. The Morgan fingerprint density at radius 3 is 2.95 bits per heavy atom. The van der Waals surface area contributed by atoms with E-state index in [1.54, 1.807) is 12.3 Å². The van der Waals surface area contributed by atoms with E-state index in [-0.39, 0.29) is 11.7 Å². The average Bonchev–Trinajstić information content (AvgIpc) is 2.44. The van der Waals surface area contributed by atoms with Crippen LogP contribution in [0.3, 0.4) is 0 Å². The normalized spacial score (nSPS) is 12.3. The smallest absolute Gasteiger partial charge is 0.295 e. The van der Waals surface area contributed by atoms with Gasteiger partial charge >= 0.3 is 0 Å². The van der Waals surface area contributed by atoms with Crippen molar-refractivity contribution in [1.82, 2.24) is 4.98 Å². The molecule has 1 heterocycles. The van der Waals surface area contributed by atoms with Crippen LogP contribution >= 0.6 is 0 Å². The van der Waals surface area contributed by atoms with E-state index in [1.807, 2.05) is 26.0 Å². The molecule has 1 unspecified atom stereocenters. The third kappa shape index (κ3) is 3.03. The Kier molecular flexibility index (Phi) is 4.47. The number of hydrogen-bond donors (Lipinski definition) is 1. The van der Waals surface area contributed by atoms with E-state index in [9.17, 15) is 10.1 Å². The van der Waals surface area contributed by atoms with Gasteiger partial charge in [-0.05, 0) is 19.9 Å². The number of nitro groups is 1. The summed E-state index contributed by atoms with van der Waals surface area (Å²) in [7, 11) is 0. The Bertz CT molecular complexity index is 616. The van der Waals surface area contributed by atoms with E-state index < -0.39 is 4.92 Å². The number of pyridine rings is 1. The van der Waals surface area contributed by atoms with Crippen LogP contribution in [0.25, 0.3) is 10.9 Å². The number of rotatable bonds is 6. The number of benzene rings is 1. The van der Waals surface area contributed by atoms with Gasteiger partial charge in [0.2, 0.25) is 0 Å². The maximum atomic E-state index is 11.0. The van der Waals surface area contributed by atoms with Gasteiger partial charge in [-0.25, -0.2) is 4.98 Å². The lowest BCUT2D eigenvalue weighted by Crippen LogP contribution is -2.21. The number of para-hydroxylation sites is 1. The summed E-state index contributed by atoms with van der Waals surface area (Å²) in [5.74, 6) is 0. The summed E-state index contributed by atoms with van der Waals surface area (Å²) in [4.78, 5) is 14.7. The van der Waals surface area contributed by atoms with Gasteiger partial charge < -0.3 is 10.1 Å². The number of nitrogens with zero attached hydrogens (tertiary/aromatic N) is 2. The summed E-state index contributed by atoms with van der Waals surface area (Å²) in [5.41, 5.74) is 1.24. The highest BCUT2D eigenvalue weighted by Crippen LogP contribution is 2.28. The molecule has 0 aliphatic rings. The molecule has 0 fully saturated rings. The van der Waals surface area contributed by atoms with Gasteiger partial charge in [-0.3, -0.25) is 10.1 Å². The van der Waals surface area contributed by atoms with Gasteiger partial charge in [0.25, 0.3) is 5.69 Å². The minimum atomic E-state index is -0.414. The lowest BCUT2D eigenvalue weighted by Gasteiger charge is -2.16. The highest BCUT2D eigenvalue weighted by molar-refractivity contribution is 5.96. The zero-order chi connectivity index (χ0) is 14.5. The van der Waals surface area contributed by atoms with Crippen molar-refractivity contribution >= 4 is 22.3 Å². The third-order valence-corrected chi connectivity index (χ3v) is 2.92. The lowest BCUT2D eigenvalue weighted by molar-refractivity contribution is -0.383. The number of nitrogens with one attached hydrogen (secondary N) is 1. The van der Waals surface area contributed by atoms with Crippen molar-refractivity contribution in [3.63, 3.8) is 0 Å². The lowest BCUT2D eigenvalue weighted by atomic mass is 10.1. The van der Waals surface area contributed by atoms with E-state index in [0.717, 1.165) is 11.1 Å². The van der Waals surface area contributed by atoms with Crippen molar-refractivity contribution in [2.45, 2.75) is 19.9 Å². The first-order valence-corrected chi connectivity index (χ1v) is 6.50. The van der Waals surface area contributed by atoms with Crippen LogP contribution in [0.1, 0.15) is 13.8 Å². The fraction of sp³-hybridized carbons (Fsp3) is 0.357. The second-order valence-electron chi connectivity index (χ2n) is 4.49. The molecule has 1 aromatic heterocycles. The molecule has 2 rings (SSSR count). The largest absolute Gasteiger partial charge is 0.380 e. The topological polar surface area (TPSA) is 77.3 Å². The minimum Gasteiger partial charge on any atom is -0.380 e. The molecule has 1 aromatic carbocycles. The second-order valence-corrected chi connectivity index (χ2v) is 4.49. The third-order valence-electron chi connectivity index (χ3n) is 2.92. The monoisotopic (exact) mass is 275 g/mol. The maximum absolute atomic E-state index is 11.0. The average molecular weight is 275 g/mol. The maximum Gasteiger partial charge on any atom is 0.295 e. The van der Waals surface area contributed by atoms with E-state index in [0.29, 0.717) is 18.7 Å². The molecular weight excluding hydrogens is 258 g/mol. The van der Waals surface area contributed by atoms with Crippen LogP contribution in [0, 0.1) is 10.1 Å². The van der Waals surface area contributed by atoms with Gasteiger partial charge in [0.05, 0.1) is 11.5 Å². The van der Waals surface area contributed by atoms with Crippen molar-refractivity contribution in [2.24, 2.45) is 0 Å². The quantitative estimate of drug-likeness (QED) is 0.647. The summed E-state index contributed by atoms with van der Waals surface area (Å²) >= 11 is 0. The first-order valence-electron chi connectivity index (χ1n) is 6.50. The summed E-state index contributed by atoms with van der Waals surface area (Å²) in [6.45, 7) is 5.18. The Morgan fingerprint density at radius 1 is 1.45 bits per heavy atom. The molecule has 0 saturated carbocycles. The molecule has 0 aliphatic carbocycles. The summed E-state index contributed by atoms with van der Waals surface area (Å²) in [5, 5.41) is 15.1. The number of ether oxygens (including phenoxy) is 1. The fourth-order valence-corrected chi connectivity index (χ4v) is 2.04. The summed E-state index contributed by atoms with van der Waals surface area (Å²) in [6.07, 6.45) is 1.57. The Morgan fingerprint density at radius 2 is 2.25 bits per heavy atom. The molecule has 20 heavy (non-hydrogen) atoms. The molecule has 2 aromatic rings. The van der Waals surface area contributed by atoms with Gasteiger partial charge in [0, 0.05) is 36.0 Å². The van der Waals surface area contributed by atoms with Crippen molar-refractivity contribution in [1.29, 1.82) is 0 Å². The summed E-state index contributed by atoms with van der Waals surface area (Å²) < 4.78 is 5.36. The van der Waals surface area contributed by atoms with Gasteiger partial charge in [-0.1, -0.05) is 12.1 Å². The number of nitro benzene ring substituents is 1. The number of anilines is 1. The van der Waals surface area contributed by atoms with E-state index in [1.165, 1.54) is 6.07 Å². The highest BCUT2D eigenvalue weighted by Gasteiger charge is 2.15. The van der Waals surface area contributed by atoms with Crippen LogP contribution in [0.4, 0.5) is 11.4 Å². The number of aromatic nitrogens is 1. The predicted molar refractivity (Wildman–Crippen MR) is 78.0 cm³/mol. The van der Waals surface area contributed by atoms with Crippen LogP contribution in [0.15, 0.2) is 30.5 Å². The Labute approximate surface area is 116 Å². The fourth-order valence-electron chi connectivity index (χ4n) is 2.04. The molecule has 6 heteroatoms. The Balaban J connectivity index is 2.35. The Hall–Kier alpha value is -2.21. The predicted octanol–water partition coefficient (Wildman–Crippen LogP) is 2.98. The number of fused-ring (bicyclic) bond motifs is 1. The zero-order valence-corrected chi connectivity index (χ0v) is 11.5. The number of non-ortho nitro benzene ring substituents is 1. The molecule has 0 amide bonds. The molecule has 1 atom stereocenters. The molecule has 0 aliphatic heterocycles. The van der Waals surface area contributed by atoms with Crippen LogP contribution in [0.5, 0.6) is 0 Å². The second kappa shape index (κ2) is 6.29. The van der Waals surface area contributed by atoms with Crippen molar-refractivity contribution in [3.8, 4) is 0 Å². The molecule has 0 bridgehead atoms. The van der Waals surface area contributed by atoms with E-state index >= 15 is 0 Å². The minimum absolute atomic E-state index is 0.0172. The van der Waals surface area contributed by atoms with Gasteiger partial charge in [-0.2, -0.15) is 0 Å². The molecule has 0 saturated heterocycles. The zero-order valence-electron chi connectivity index (χ0n) is 11.5. The van der Waals surface area contributed by atoms with Crippen LogP contribution in [-0.4, -0.2) is 29.2 Å². The van der Waals surface area contributed by atoms with Gasteiger partial charge in [0.1, 0.15) is 5.52 Å². The van der Waals surface area contributed by atoms with Crippen molar-refractivity contribution in [3.05, 3.63) is 40.6 Å². The van der Waals surface area contributed by atoms with Crippen LogP contribution in [0.2, 0.25) is 0 Å². The van der Waals surface area contributed by atoms with E-state index in [4.69, 9.17) is 4.74 Å². The highest BCUT2D eigenvalue weighted by atomic mass is 16.6. The van der Waals surface area contributed by atoms with E-state index in [2.05, 4.69) is 10.3 Å². The van der Waals surface area contributed by atoms with Crippen molar-refractivity contribution in [2.75, 3.05) is 18.5 Å². The van der Waals surface area contributed by atoms with Crippen LogP contribution < -0.4 is 5.32 Å². The molecule has 1 N–H and O–H groups in total. The van der Waals surface area contributed by atoms with Gasteiger partial charge in [0.15, 0.2) is 0 Å². The van der Waals surface area contributed by atoms with Crippen molar-refractivity contribution < 1.29 is 9.66 Å². The molecular formula is C14H17N3O3. The van der Waals surface area contributed by atoms with Gasteiger partial charge in [-0.15, -0.1) is 0 Å². The SMILES string of the molecule is CCOCC(C)Nc1ccnc2c([N+](=O)[O-])cccc12. The van der Waals surface area contributed by atoms with Crippen LogP contribution in [-0.2, 0) is 4.74 Å².